The van der Waals surface area contributed by atoms with Gasteiger partial charge in [-0.25, -0.2) is 4.79 Å². The van der Waals surface area contributed by atoms with Crippen LogP contribution in [0.2, 0.25) is 0 Å². The molecule has 65 heavy (non-hydrogen) atoms. The zero-order chi connectivity index (χ0) is 48.4. The Bertz CT molecular complexity index is 1670. The molecule has 0 radical (unpaired) electrons. The minimum atomic E-state index is -1.70. The largest absolute Gasteiger partial charge is 0.480 e. The minimum Gasteiger partial charge on any atom is -0.480 e. The average molecular weight is 976 g/mol. The van der Waals surface area contributed by atoms with Crippen LogP contribution in [0.25, 0.3) is 0 Å². The summed E-state index contributed by atoms with van der Waals surface area (Å²) in [6.45, 7) is 5.18. The molecule has 3 aliphatic heterocycles. The van der Waals surface area contributed by atoms with E-state index in [1.807, 2.05) is 20.1 Å². The molecule has 3 heterocycles. The summed E-state index contributed by atoms with van der Waals surface area (Å²) >= 11 is 7.11. The molecule has 3 aliphatic rings. The lowest BCUT2D eigenvalue weighted by atomic mass is 10.0. The van der Waals surface area contributed by atoms with Crippen molar-refractivity contribution < 1.29 is 58.5 Å². The van der Waals surface area contributed by atoms with Crippen molar-refractivity contribution in [2.45, 2.75) is 139 Å². The lowest BCUT2D eigenvalue weighted by Gasteiger charge is -2.33. The number of aliphatic hydroxyl groups excluding tert-OH is 2. The Balaban J connectivity index is 1.69. The summed E-state index contributed by atoms with van der Waals surface area (Å²) in [7, 11) is 0. The maximum absolute atomic E-state index is 14.2. The fourth-order valence-corrected chi connectivity index (χ4v) is 9.17. The van der Waals surface area contributed by atoms with Gasteiger partial charge in [-0.3, -0.25) is 38.4 Å². The van der Waals surface area contributed by atoms with Crippen LogP contribution in [0.15, 0.2) is 0 Å². The van der Waals surface area contributed by atoms with E-state index in [1.165, 1.54) is 28.5 Å². The van der Waals surface area contributed by atoms with Crippen LogP contribution >= 0.6 is 36.2 Å². The number of nitrogens with one attached hydrogen (secondary N) is 7. The molecule has 10 atom stereocenters. The predicted octanol–water partition coefficient (Wildman–Crippen LogP) is -2.43. The third-order valence-electron chi connectivity index (χ3n) is 11.5. The Morgan fingerprint density at radius 1 is 0.677 bits per heavy atom. The number of carboxylic acids is 1. The summed E-state index contributed by atoms with van der Waals surface area (Å²) in [6, 6.07) is -10.2. The van der Waals surface area contributed by atoms with Crippen LogP contribution in [0.4, 0.5) is 0 Å². The van der Waals surface area contributed by atoms with E-state index in [-0.39, 0.29) is 48.9 Å². The zero-order valence-corrected chi connectivity index (χ0v) is 40.4. The van der Waals surface area contributed by atoms with Gasteiger partial charge in [0.25, 0.3) is 0 Å². The number of carbonyl (C=O) groups excluding carboxylic acids is 8. The number of thiol groups is 1. The molecule has 0 saturated carbocycles. The Kier molecular flexibility index (Phi) is 23.7. The van der Waals surface area contributed by atoms with Crippen LogP contribution in [0.1, 0.15) is 78.6 Å². The van der Waals surface area contributed by atoms with E-state index in [1.54, 1.807) is 18.0 Å². The molecule has 3 fully saturated rings. The van der Waals surface area contributed by atoms with Gasteiger partial charge in [0, 0.05) is 18.8 Å². The van der Waals surface area contributed by atoms with Crippen LogP contribution in [-0.4, -0.2) is 195 Å². The van der Waals surface area contributed by atoms with Crippen molar-refractivity contribution in [1.82, 2.24) is 47.0 Å². The lowest BCUT2D eigenvalue weighted by molar-refractivity contribution is -0.148. The van der Waals surface area contributed by atoms with E-state index in [9.17, 15) is 58.5 Å². The van der Waals surface area contributed by atoms with E-state index in [4.69, 9.17) is 0 Å². The average Bonchev–Trinajstić information content (AvgIpc) is 4.09. The van der Waals surface area contributed by atoms with Crippen molar-refractivity contribution in [2.24, 2.45) is 5.92 Å². The number of rotatable bonds is 26. The van der Waals surface area contributed by atoms with Crippen LogP contribution in [0.5, 0.6) is 0 Å². The van der Waals surface area contributed by atoms with E-state index in [2.05, 4.69) is 49.8 Å². The van der Waals surface area contributed by atoms with E-state index >= 15 is 0 Å². The van der Waals surface area contributed by atoms with Gasteiger partial charge in [-0.1, -0.05) is 13.8 Å². The van der Waals surface area contributed by atoms with Crippen molar-refractivity contribution in [3.8, 4) is 0 Å². The second-order valence-corrected chi connectivity index (χ2v) is 19.3. The van der Waals surface area contributed by atoms with Crippen molar-refractivity contribution >= 4 is 89.4 Å². The van der Waals surface area contributed by atoms with Gasteiger partial charge in [-0.05, 0) is 101 Å². The fraction of sp³-hybridized carbons (Fsp3) is 0.780. The normalized spacial score (nSPS) is 21.6. The van der Waals surface area contributed by atoms with Gasteiger partial charge in [-0.2, -0.15) is 36.2 Å². The maximum Gasteiger partial charge on any atom is 0.326 e. The molecule has 0 unspecified atom stereocenters. The lowest BCUT2D eigenvalue weighted by Crippen LogP contribution is -2.62. The molecule has 8 amide bonds. The van der Waals surface area contributed by atoms with Gasteiger partial charge in [-0.15, -0.1) is 0 Å². The SMILES string of the molecule is CSCC[C@H](NC(=O)[C@H](CO)NC(=O)[C@@H](NC(=O)[C@H](CS)NC(=O)[C@H](CC(C)C)NC(=O)[C@@H]1CCCN1C(=O)[C@@H]1CCCN1C(=O)[C@H](CCSC)NC(=O)[C@@H]1CCCN1)[C@@H](C)O)C(=O)O. The van der Waals surface area contributed by atoms with Crippen molar-refractivity contribution in [3.05, 3.63) is 0 Å². The second kappa shape index (κ2) is 27.7. The van der Waals surface area contributed by atoms with Gasteiger partial charge < -0.3 is 62.3 Å². The molecular weight excluding hydrogens is 907 g/mol. The monoisotopic (exact) mass is 975 g/mol. The predicted molar refractivity (Wildman–Crippen MR) is 248 cm³/mol. The summed E-state index contributed by atoms with van der Waals surface area (Å²) < 4.78 is 0. The molecule has 0 aliphatic carbocycles. The smallest absolute Gasteiger partial charge is 0.326 e. The number of carboxylic acid groups (broad SMARTS) is 1. The highest BCUT2D eigenvalue weighted by Crippen LogP contribution is 2.26. The topological polar surface area (TPSA) is 305 Å². The highest BCUT2D eigenvalue weighted by molar-refractivity contribution is 7.98. The highest BCUT2D eigenvalue weighted by atomic mass is 32.2. The van der Waals surface area contributed by atoms with Crippen LogP contribution < -0.4 is 37.2 Å². The summed E-state index contributed by atoms with van der Waals surface area (Å²) in [5.41, 5.74) is 0. The fourth-order valence-electron chi connectivity index (χ4n) is 7.97. The number of nitrogens with zero attached hydrogens (tertiary/aromatic N) is 2. The third-order valence-corrected chi connectivity index (χ3v) is 13.2. The van der Waals surface area contributed by atoms with Gasteiger partial charge in [0.1, 0.15) is 48.3 Å². The molecule has 21 nitrogen and oxygen atoms in total. The molecule has 10 N–H and O–H groups in total. The number of aliphatic hydroxyl groups is 2. The van der Waals surface area contributed by atoms with Crippen LogP contribution in [0, 0.1) is 5.92 Å². The summed E-state index contributed by atoms with van der Waals surface area (Å²) in [4.78, 5) is 123. The molecule has 3 rings (SSSR count). The number of carbonyl (C=O) groups is 9. The number of hydrogen-bond donors (Lipinski definition) is 11. The zero-order valence-electron chi connectivity index (χ0n) is 37.8. The first-order valence-corrected chi connectivity index (χ1v) is 25.6. The van der Waals surface area contributed by atoms with Gasteiger partial charge in [0.15, 0.2) is 0 Å². The number of hydrogen-bond acceptors (Lipinski definition) is 15. The minimum absolute atomic E-state index is 0.0716. The van der Waals surface area contributed by atoms with Crippen molar-refractivity contribution in [2.75, 3.05) is 56.0 Å². The van der Waals surface area contributed by atoms with Gasteiger partial charge in [0.2, 0.25) is 47.3 Å². The molecule has 0 aromatic carbocycles. The summed E-state index contributed by atoms with van der Waals surface area (Å²) in [6.07, 6.45) is 5.98. The second-order valence-electron chi connectivity index (χ2n) is 17.0. The van der Waals surface area contributed by atoms with Gasteiger partial charge in [0.05, 0.1) is 18.8 Å². The number of aliphatic carboxylic acids is 1. The van der Waals surface area contributed by atoms with Crippen molar-refractivity contribution in [1.29, 1.82) is 0 Å². The van der Waals surface area contributed by atoms with Crippen LogP contribution in [0.3, 0.4) is 0 Å². The molecule has 0 spiro atoms. The standard InChI is InChI=1S/C41H69N9O12S3/c1-22(2)19-27(34(54)47-29(21-63)36(56)48-32(23(3)52)38(58)46-28(20-51)35(55)44-26(41(61)62)13-18-65-5)45-37(57)30-10-7-15-49(30)40(60)31-11-8-16-50(31)39(59)25(12-17-64-4)43-33(53)24-9-6-14-42-24/h22-32,42,51-52,63H,6-21H2,1-5H3,(H,43,53)(H,44,55)(H,45,57)(H,46,58)(H,47,54)(H,48,56)(H,61,62)/t23-,24+,25+,26+,27+,28+,29+,30+,31+,32+/m1/s1. The first-order chi connectivity index (χ1) is 30.9. The Hall–Kier alpha value is -3.84. The summed E-state index contributed by atoms with van der Waals surface area (Å²) in [5, 5.41) is 47.9. The Morgan fingerprint density at radius 3 is 1.78 bits per heavy atom. The molecule has 368 valence electrons. The van der Waals surface area contributed by atoms with E-state index < -0.39 is 102 Å². The third kappa shape index (κ3) is 16.5. The Labute approximate surface area is 394 Å². The van der Waals surface area contributed by atoms with Crippen molar-refractivity contribution in [3.63, 3.8) is 0 Å². The van der Waals surface area contributed by atoms with Gasteiger partial charge >= 0.3 is 5.97 Å². The molecular formula is C41H69N9O12S3. The molecule has 24 heteroatoms. The quantitative estimate of drug-likeness (QED) is 0.0402. The molecule has 3 saturated heterocycles. The number of amides is 8. The molecule has 0 aromatic rings. The number of thioether (sulfide) groups is 2. The molecule has 0 aromatic heterocycles. The molecule has 0 bridgehead atoms. The first kappa shape index (κ1) is 55.5. The first-order valence-electron chi connectivity index (χ1n) is 22.2. The summed E-state index contributed by atoms with van der Waals surface area (Å²) in [5.74, 6) is -6.11. The van der Waals surface area contributed by atoms with E-state index in [0.29, 0.717) is 56.6 Å². The highest BCUT2D eigenvalue weighted by Gasteiger charge is 2.44. The van der Waals surface area contributed by atoms with E-state index in [0.717, 1.165) is 13.0 Å². The Morgan fingerprint density at radius 2 is 1.23 bits per heavy atom. The van der Waals surface area contributed by atoms with Crippen LogP contribution in [-0.2, 0) is 43.2 Å². The number of likely N-dealkylation sites (tertiary alicyclic amines) is 2. The maximum atomic E-state index is 14.2.